The third-order valence-corrected chi connectivity index (χ3v) is 8.69. The van der Waals surface area contributed by atoms with Crippen molar-refractivity contribution in [2.45, 2.75) is 25.7 Å². The number of aryl methyl sites for hydroxylation is 3. The second kappa shape index (κ2) is 6.43. The summed E-state index contributed by atoms with van der Waals surface area (Å²) in [7, 11) is -3.93. The van der Waals surface area contributed by atoms with Crippen molar-refractivity contribution in [1.29, 1.82) is 0 Å². The molecule has 0 heterocycles. The van der Waals surface area contributed by atoms with E-state index in [0.717, 1.165) is 16.7 Å². The Bertz CT molecular complexity index is 739. The third-order valence-electron chi connectivity index (χ3n) is 2.95. The van der Waals surface area contributed by atoms with Gasteiger partial charge in [-0.3, -0.25) is 0 Å². The molecule has 6 heteroatoms. The summed E-state index contributed by atoms with van der Waals surface area (Å²) in [6, 6.07) is 11.9. The molecule has 0 aliphatic heterocycles. The molecule has 0 unspecified atom stereocenters. The van der Waals surface area contributed by atoms with E-state index in [-0.39, 0.29) is 4.90 Å². The zero-order valence-corrected chi connectivity index (χ0v) is 15.0. The van der Waals surface area contributed by atoms with Gasteiger partial charge in [-0.2, -0.15) is 0 Å². The molecule has 2 aromatic carbocycles. The maximum absolute atomic E-state index is 12.2. The van der Waals surface area contributed by atoms with E-state index in [1.165, 1.54) is 12.1 Å². The van der Waals surface area contributed by atoms with Crippen LogP contribution in [0.25, 0.3) is 0 Å². The van der Waals surface area contributed by atoms with Crippen LogP contribution in [0.3, 0.4) is 0 Å². The molecule has 0 atom stereocenters. The number of rotatable bonds is 4. The topological polar surface area (TPSA) is 63.6 Å². The van der Waals surface area contributed by atoms with Crippen molar-refractivity contribution in [2.24, 2.45) is 0 Å². The molecular formula is C15H17IO4S. The molecule has 0 radical (unpaired) electrons. The van der Waals surface area contributed by atoms with Gasteiger partial charge in [-0.1, -0.05) is 0 Å². The fourth-order valence-corrected chi connectivity index (χ4v) is 6.71. The minimum absolute atomic E-state index is 0.0646. The molecular weight excluding hydrogens is 403 g/mol. The number of benzene rings is 2. The van der Waals surface area contributed by atoms with E-state index in [1.54, 1.807) is 18.2 Å². The molecule has 0 bridgehead atoms. The molecule has 0 saturated carbocycles. The summed E-state index contributed by atoms with van der Waals surface area (Å²) in [5.74, 6) is 0. The molecule has 0 spiro atoms. The molecule has 21 heavy (non-hydrogen) atoms. The van der Waals surface area contributed by atoms with Crippen LogP contribution in [0.5, 0.6) is 0 Å². The van der Waals surface area contributed by atoms with Crippen molar-refractivity contribution in [2.75, 3.05) is 0 Å². The first-order chi connectivity index (χ1) is 9.79. The Morgan fingerprint density at radius 2 is 1.52 bits per heavy atom. The number of hydrogen-bond acceptors (Lipinski definition) is 4. The fraction of sp³-hybridized carbons (Fsp3) is 0.200. The second-order valence-corrected chi connectivity index (χ2v) is 9.88. The Kier molecular flexibility index (Phi) is 5.03. The Morgan fingerprint density at radius 3 is 2.14 bits per heavy atom. The molecule has 2 rings (SSSR count). The van der Waals surface area contributed by atoms with Crippen LogP contribution in [0, 0.1) is 24.3 Å². The first-order valence-electron chi connectivity index (χ1n) is 6.28. The van der Waals surface area contributed by atoms with Gasteiger partial charge in [0.05, 0.1) is 0 Å². The van der Waals surface area contributed by atoms with Crippen LogP contribution in [0.4, 0.5) is 0 Å². The summed E-state index contributed by atoms with van der Waals surface area (Å²) in [5.41, 5.74) is 2.76. The molecule has 0 aliphatic carbocycles. The third kappa shape index (κ3) is 4.03. The molecule has 0 aliphatic rings. The van der Waals surface area contributed by atoms with Gasteiger partial charge >= 0.3 is 134 Å². The summed E-state index contributed by atoms with van der Waals surface area (Å²) in [4.78, 5) is 0.0646. The summed E-state index contributed by atoms with van der Waals surface area (Å²) < 4.78 is 40.3. The zero-order valence-electron chi connectivity index (χ0n) is 12.0. The normalized spacial score (nSPS) is 12.3. The van der Waals surface area contributed by atoms with Crippen molar-refractivity contribution in [3.05, 3.63) is 62.7 Å². The van der Waals surface area contributed by atoms with Crippen molar-refractivity contribution in [3.63, 3.8) is 0 Å². The van der Waals surface area contributed by atoms with E-state index in [9.17, 15) is 11.9 Å². The molecule has 0 fully saturated rings. The van der Waals surface area contributed by atoms with Gasteiger partial charge in [0.1, 0.15) is 0 Å². The Labute approximate surface area is 133 Å². The van der Waals surface area contributed by atoms with Gasteiger partial charge in [0, 0.05) is 0 Å². The van der Waals surface area contributed by atoms with Crippen LogP contribution < -0.4 is 0 Å². The van der Waals surface area contributed by atoms with E-state index in [4.69, 9.17) is 2.51 Å². The van der Waals surface area contributed by atoms with Crippen LogP contribution >= 0.6 is 20.6 Å². The van der Waals surface area contributed by atoms with E-state index in [1.807, 2.05) is 32.9 Å². The van der Waals surface area contributed by atoms with Gasteiger partial charge in [-0.25, -0.2) is 0 Å². The first kappa shape index (κ1) is 16.4. The van der Waals surface area contributed by atoms with E-state index in [2.05, 4.69) is 0 Å². The maximum atomic E-state index is 12.2. The molecule has 4 nitrogen and oxygen atoms in total. The molecule has 0 saturated heterocycles. The SMILES string of the molecule is Cc1ccc(S(=O)(=O)OI(O)c2cc(C)ccc2C)cc1. The van der Waals surface area contributed by atoms with Gasteiger partial charge in [0.2, 0.25) is 0 Å². The first-order valence-corrected chi connectivity index (χ1v) is 10.6. The average Bonchev–Trinajstić information content (AvgIpc) is 2.41. The summed E-state index contributed by atoms with van der Waals surface area (Å²) in [6.45, 7) is 5.59. The van der Waals surface area contributed by atoms with Crippen molar-refractivity contribution in [3.8, 4) is 0 Å². The van der Waals surface area contributed by atoms with Crippen LogP contribution in [0.15, 0.2) is 47.4 Å². The molecule has 0 amide bonds. The monoisotopic (exact) mass is 420 g/mol. The van der Waals surface area contributed by atoms with Gasteiger partial charge < -0.3 is 0 Å². The van der Waals surface area contributed by atoms with Gasteiger partial charge in [-0.15, -0.1) is 0 Å². The molecule has 2 aromatic rings. The van der Waals surface area contributed by atoms with Crippen LogP contribution in [0.1, 0.15) is 16.7 Å². The summed E-state index contributed by atoms with van der Waals surface area (Å²) in [6.07, 6.45) is 0. The zero-order chi connectivity index (χ0) is 15.6. The van der Waals surface area contributed by atoms with Gasteiger partial charge in [0.25, 0.3) is 0 Å². The van der Waals surface area contributed by atoms with Gasteiger partial charge in [-0.05, 0) is 0 Å². The number of hydrogen-bond donors (Lipinski definition) is 1. The predicted molar refractivity (Wildman–Crippen MR) is 90.3 cm³/mol. The molecule has 114 valence electrons. The standard InChI is InChI=1S/C15H17IO4S/c1-11-5-8-14(9-6-11)21(18,19)20-16(17)15-10-12(2)4-7-13(15)3/h4-10,17H,1-3H3. The minimum atomic E-state index is -3.93. The molecule has 0 aromatic heterocycles. The fourth-order valence-electron chi connectivity index (χ4n) is 1.73. The van der Waals surface area contributed by atoms with E-state index >= 15 is 0 Å². The predicted octanol–water partition coefficient (Wildman–Crippen LogP) is 3.52. The Morgan fingerprint density at radius 1 is 0.952 bits per heavy atom. The van der Waals surface area contributed by atoms with Crippen molar-refractivity contribution in [1.82, 2.24) is 0 Å². The molecule has 1 N–H and O–H groups in total. The van der Waals surface area contributed by atoms with Crippen LogP contribution in [-0.4, -0.2) is 11.9 Å². The average molecular weight is 420 g/mol. The second-order valence-electron chi connectivity index (χ2n) is 4.81. The summed E-state index contributed by atoms with van der Waals surface area (Å²) >= 11 is -3.22. The van der Waals surface area contributed by atoms with E-state index < -0.39 is 30.8 Å². The van der Waals surface area contributed by atoms with Crippen LogP contribution in [-0.2, 0) is 12.6 Å². The van der Waals surface area contributed by atoms with Crippen molar-refractivity contribution >= 4 is 30.8 Å². The quantitative estimate of drug-likeness (QED) is 0.770. The number of halogens is 1. The van der Waals surface area contributed by atoms with Crippen LogP contribution in [0.2, 0.25) is 0 Å². The van der Waals surface area contributed by atoms with Crippen molar-refractivity contribution < 1.29 is 14.4 Å². The van der Waals surface area contributed by atoms with E-state index in [0.29, 0.717) is 3.57 Å². The Hall–Kier alpha value is -0.960. The Balaban J connectivity index is 2.27. The summed E-state index contributed by atoms with van der Waals surface area (Å²) in [5, 5.41) is 0. The van der Waals surface area contributed by atoms with Gasteiger partial charge in [0.15, 0.2) is 0 Å².